The second-order valence-electron chi connectivity index (χ2n) is 5.78. The molecule has 0 fully saturated rings. The van der Waals surface area contributed by atoms with Crippen molar-refractivity contribution < 1.29 is 4.79 Å². The van der Waals surface area contributed by atoms with Gasteiger partial charge in [0.25, 0.3) is 0 Å². The first kappa shape index (κ1) is 17.6. The second kappa shape index (κ2) is 8.75. The normalized spacial score (nSPS) is 10.8. The molecule has 122 valence electrons. The van der Waals surface area contributed by atoms with Crippen molar-refractivity contribution in [3.05, 3.63) is 65.2 Å². The first-order chi connectivity index (χ1) is 11.1. The van der Waals surface area contributed by atoms with Crippen LogP contribution >= 0.6 is 11.8 Å². The summed E-state index contributed by atoms with van der Waals surface area (Å²) in [6.45, 7) is 3.81. The van der Waals surface area contributed by atoms with Gasteiger partial charge in [-0.2, -0.15) is 0 Å². The fourth-order valence-electron chi connectivity index (χ4n) is 2.31. The summed E-state index contributed by atoms with van der Waals surface area (Å²) in [6, 6.07) is 16.7. The van der Waals surface area contributed by atoms with Crippen LogP contribution in [-0.2, 0) is 17.9 Å². The molecule has 0 aliphatic rings. The molecule has 1 amide bonds. The molecule has 0 bridgehead atoms. The van der Waals surface area contributed by atoms with E-state index in [0.717, 1.165) is 12.1 Å². The minimum Gasteiger partial charge on any atom is -0.351 e. The summed E-state index contributed by atoms with van der Waals surface area (Å²) in [5.74, 6) is 0.0498. The smallest absolute Gasteiger partial charge is 0.234 e. The van der Waals surface area contributed by atoms with Gasteiger partial charge in [0.05, 0.1) is 6.54 Å². The fraction of sp³-hybridized carbons (Fsp3) is 0.316. The third-order valence-corrected chi connectivity index (χ3v) is 4.38. The van der Waals surface area contributed by atoms with E-state index in [1.165, 1.54) is 16.0 Å². The van der Waals surface area contributed by atoms with E-state index in [-0.39, 0.29) is 5.91 Å². The molecule has 2 aromatic rings. The molecule has 0 aromatic heterocycles. The molecule has 3 nitrogen and oxygen atoms in total. The van der Waals surface area contributed by atoms with Crippen LogP contribution in [0, 0.1) is 6.92 Å². The van der Waals surface area contributed by atoms with Crippen LogP contribution in [0.2, 0.25) is 0 Å². The Bertz CT molecular complexity index is 623. The van der Waals surface area contributed by atoms with Crippen molar-refractivity contribution in [2.24, 2.45) is 0 Å². The van der Waals surface area contributed by atoms with Crippen LogP contribution in [-0.4, -0.2) is 30.7 Å². The van der Waals surface area contributed by atoms with Gasteiger partial charge < -0.3 is 5.32 Å². The molecule has 0 aliphatic heterocycles. The van der Waals surface area contributed by atoms with Crippen molar-refractivity contribution in [3.63, 3.8) is 0 Å². The minimum atomic E-state index is 0.0498. The standard InChI is InChI=1S/C19H24N2OS/c1-15-4-6-16(7-5-15)12-20-19(22)14-21(2)13-17-8-10-18(23-3)11-9-17/h4-11H,12-14H2,1-3H3,(H,20,22). The molecule has 4 heteroatoms. The second-order valence-corrected chi connectivity index (χ2v) is 6.66. The number of aryl methyl sites for hydroxylation is 1. The summed E-state index contributed by atoms with van der Waals surface area (Å²) >= 11 is 1.73. The number of carbonyl (C=O) groups is 1. The predicted molar refractivity (Wildman–Crippen MR) is 97.6 cm³/mol. The molecular weight excluding hydrogens is 304 g/mol. The number of rotatable bonds is 7. The van der Waals surface area contributed by atoms with E-state index < -0.39 is 0 Å². The van der Waals surface area contributed by atoms with Crippen molar-refractivity contribution in [3.8, 4) is 0 Å². The number of thioether (sulfide) groups is 1. The number of amides is 1. The molecule has 2 rings (SSSR count). The van der Waals surface area contributed by atoms with E-state index in [9.17, 15) is 4.79 Å². The average molecular weight is 328 g/mol. The van der Waals surface area contributed by atoms with Gasteiger partial charge >= 0.3 is 0 Å². The van der Waals surface area contributed by atoms with Gasteiger partial charge in [-0.1, -0.05) is 42.0 Å². The monoisotopic (exact) mass is 328 g/mol. The molecule has 1 N–H and O–H groups in total. The van der Waals surface area contributed by atoms with E-state index in [1.54, 1.807) is 11.8 Å². The lowest BCUT2D eigenvalue weighted by atomic mass is 10.1. The Morgan fingerprint density at radius 2 is 1.65 bits per heavy atom. The summed E-state index contributed by atoms with van der Waals surface area (Å²) in [5, 5.41) is 2.97. The highest BCUT2D eigenvalue weighted by molar-refractivity contribution is 7.98. The zero-order valence-electron chi connectivity index (χ0n) is 14.0. The van der Waals surface area contributed by atoms with Crippen molar-refractivity contribution >= 4 is 17.7 Å². The molecule has 0 saturated carbocycles. The van der Waals surface area contributed by atoms with Gasteiger partial charge in [0.15, 0.2) is 0 Å². The van der Waals surface area contributed by atoms with Gasteiger partial charge in [0.1, 0.15) is 0 Å². The number of nitrogens with zero attached hydrogens (tertiary/aromatic N) is 1. The van der Waals surface area contributed by atoms with Gasteiger partial charge in [-0.3, -0.25) is 9.69 Å². The number of carbonyl (C=O) groups excluding carboxylic acids is 1. The average Bonchev–Trinajstić information content (AvgIpc) is 2.55. The molecule has 0 aliphatic carbocycles. The molecule has 0 radical (unpaired) electrons. The van der Waals surface area contributed by atoms with Crippen LogP contribution in [0.15, 0.2) is 53.4 Å². The van der Waals surface area contributed by atoms with Crippen LogP contribution in [0.3, 0.4) is 0 Å². The Labute approximate surface area is 143 Å². The Hall–Kier alpha value is -1.78. The number of benzene rings is 2. The largest absolute Gasteiger partial charge is 0.351 e. The molecule has 0 unspecified atom stereocenters. The van der Waals surface area contributed by atoms with E-state index in [4.69, 9.17) is 0 Å². The first-order valence-electron chi connectivity index (χ1n) is 7.70. The van der Waals surface area contributed by atoms with E-state index >= 15 is 0 Å². The van der Waals surface area contributed by atoms with Crippen molar-refractivity contribution in [2.45, 2.75) is 24.9 Å². The Morgan fingerprint density at radius 1 is 1.04 bits per heavy atom. The maximum absolute atomic E-state index is 12.0. The quantitative estimate of drug-likeness (QED) is 0.790. The topological polar surface area (TPSA) is 32.3 Å². The highest BCUT2D eigenvalue weighted by Crippen LogP contribution is 2.15. The van der Waals surface area contributed by atoms with E-state index in [0.29, 0.717) is 13.1 Å². The highest BCUT2D eigenvalue weighted by Gasteiger charge is 2.07. The van der Waals surface area contributed by atoms with Gasteiger partial charge in [-0.05, 0) is 43.5 Å². The summed E-state index contributed by atoms with van der Waals surface area (Å²) in [6.07, 6.45) is 2.07. The predicted octanol–water partition coefficient (Wildman–Crippen LogP) is 3.47. The van der Waals surface area contributed by atoms with Crippen molar-refractivity contribution in [1.29, 1.82) is 0 Å². The van der Waals surface area contributed by atoms with Crippen LogP contribution < -0.4 is 5.32 Å². The Morgan fingerprint density at radius 3 is 2.26 bits per heavy atom. The lowest BCUT2D eigenvalue weighted by Gasteiger charge is -2.16. The van der Waals surface area contributed by atoms with Gasteiger partial charge in [-0.15, -0.1) is 11.8 Å². The van der Waals surface area contributed by atoms with Gasteiger partial charge in [0.2, 0.25) is 5.91 Å². The third kappa shape index (κ3) is 6.08. The minimum absolute atomic E-state index is 0.0498. The van der Waals surface area contributed by atoms with Crippen LogP contribution in [0.5, 0.6) is 0 Å². The zero-order chi connectivity index (χ0) is 16.7. The zero-order valence-corrected chi connectivity index (χ0v) is 14.8. The van der Waals surface area contributed by atoms with E-state index in [2.05, 4.69) is 54.9 Å². The number of likely N-dealkylation sites (N-methyl/N-ethyl adjacent to an activating group) is 1. The molecule has 0 heterocycles. The molecule has 2 aromatic carbocycles. The number of hydrogen-bond donors (Lipinski definition) is 1. The lowest BCUT2D eigenvalue weighted by molar-refractivity contribution is -0.122. The Balaban J connectivity index is 1.76. The summed E-state index contributed by atoms with van der Waals surface area (Å²) in [4.78, 5) is 15.3. The van der Waals surface area contributed by atoms with Gasteiger partial charge in [-0.25, -0.2) is 0 Å². The van der Waals surface area contributed by atoms with Crippen LogP contribution in [0.4, 0.5) is 0 Å². The molecule has 23 heavy (non-hydrogen) atoms. The summed E-state index contributed by atoms with van der Waals surface area (Å²) in [7, 11) is 1.97. The molecular formula is C19H24N2OS. The van der Waals surface area contributed by atoms with Crippen LogP contribution in [0.25, 0.3) is 0 Å². The maximum atomic E-state index is 12.0. The Kier molecular flexibility index (Phi) is 6.68. The number of hydrogen-bond acceptors (Lipinski definition) is 3. The number of nitrogens with one attached hydrogen (secondary N) is 1. The molecule has 0 atom stereocenters. The lowest BCUT2D eigenvalue weighted by Crippen LogP contribution is -2.34. The fourth-order valence-corrected chi connectivity index (χ4v) is 2.71. The first-order valence-corrected chi connectivity index (χ1v) is 8.93. The van der Waals surface area contributed by atoms with E-state index in [1.807, 2.05) is 24.1 Å². The van der Waals surface area contributed by atoms with Crippen LogP contribution in [0.1, 0.15) is 16.7 Å². The SMILES string of the molecule is CSc1ccc(CN(C)CC(=O)NCc2ccc(C)cc2)cc1. The molecule has 0 saturated heterocycles. The molecule has 0 spiro atoms. The van der Waals surface area contributed by atoms with Crippen molar-refractivity contribution in [2.75, 3.05) is 19.8 Å². The highest BCUT2D eigenvalue weighted by atomic mass is 32.2. The maximum Gasteiger partial charge on any atom is 0.234 e. The third-order valence-electron chi connectivity index (χ3n) is 3.64. The summed E-state index contributed by atoms with van der Waals surface area (Å²) < 4.78 is 0. The summed E-state index contributed by atoms with van der Waals surface area (Å²) in [5.41, 5.74) is 3.57. The van der Waals surface area contributed by atoms with Crippen molar-refractivity contribution in [1.82, 2.24) is 10.2 Å². The van der Waals surface area contributed by atoms with Gasteiger partial charge in [0, 0.05) is 18.0 Å².